The molecule has 0 spiro atoms. The number of anilines is 1. The van der Waals surface area contributed by atoms with E-state index in [0.29, 0.717) is 30.4 Å². The smallest absolute Gasteiger partial charge is 0.244 e. The number of pyridine rings is 1. The summed E-state index contributed by atoms with van der Waals surface area (Å²) < 4.78 is 26.3. The van der Waals surface area contributed by atoms with E-state index in [0.717, 1.165) is 12.8 Å². The second-order valence-electron chi connectivity index (χ2n) is 4.96. The van der Waals surface area contributed by atoms with Crippen LogP contribution in [-0.2, 0) is 10.0 Å². The second-order valence-corrected chi connectivity index (χ2v) is 6.90. The van der Waals surface area contributed by atoms with Gasteiger partial charge in [0, 0.05) is 19.3 Å². The van der Waals surface area contributed by atoms with Crippen LogP contribution in [0.2, 0.25) is 0 Å². The highest BCUT2D eigenvalue weighted by atomic mass is 32.2. The van der Waals surface area contributed by atoms with Crippen LogP contribution < -0.4 is 5.73 Å². The Balaban J connectivity index is 2.27. The number of hydrogen-bond acceptors (Lipinski definition) is 4. The van der Waals surface area contributed by atoms with Gasteiger partial charge in [0.2, 0.25) is 10.0 Å². The first-order chi connectivity index (χ1) is 8.41. The van der Waals surface area contributed by atoms with Gasteiger partial charge in [-0.15, -0.1) is 0 Å². The van der Waals surface area contributed by atoms with Crippen molar-refractivity contribution in [3.8, 4) is 0 Å². The third-order valence-corrected chi connectivity index (χ3v) is 5.34. The van der Waals surface area contributed by atoms with Crippen molar-refractivity contribution >= 4 is 15.8 Å². The van der Waals surface area contributed by atoms with E-state index in [4.69, 9.17) is 5.73 Å². The molecule has 0 bridgehead atoms. The largest absolute Gasteiger partial charge is 0.383 e. The molecule has 1 saturated heterocycles. The lowest BCUT2D eigenvalue weighted by Gasteiger charge is -2.29. The average Bonchev–Trinajstić information content (AvgIpc) is 2.33. The fourth-order valence-corrected chi connectivity index (χ4v) is 3.58. The molecule has 1 aromatic heterocycles. The van der Waals surface area contributed by atoms with E-state index in [1.54, 1.807) is 17.3 Å². The van der Waals surface area contributed by atoms with Crippen LogP contribution in [0.1, 0.15) is 25.3 Å². The Kier molecular flexibility index (Phi) is 3.59. The minimum atomic E-state index is -3.41. The predicted molar refractivity (Wildman–Crippen MR) is 70.5 cm³/mol. The number of rotatable bonds is 2. The molecule has 1 aliphatic rings. The molecule has 0 amide bonds. The first-order valence-corrected chi connectivity index (χ1v) is 7.57. The highest BCUT2D eigenvalue weighted by molar-refractivity contribution is 7.89. The first-order valence-electron chi connectivity index (χ1n) is 6.13. The summed E-state index contributed by atoms with van der Waals surface area (Å²) in [6.07, 6.45) is 3.18. The molecule has 1 aliphatic heterocycles. The van der Waals surface area contributed by atoms with Gasteiger partial charge < -0.3 is 5.73 Å². The Bertz CT molecular complexity index is 534. The first kappa shape index (κ1) is 13.3. The molecule has 0 unspecified atom stereocenters. The van der Waals surface area contributed by atoms with Crippen molar-refractivity contribution in [1.82, 2.24) is 9.29 Å². The van der Waals surface area contributed by atoms with Crippen LogP contribution in [0.3, 0.4) is 0 Å². The van der Waals surface area contributed by atoms with E-state index in [2.05, 4.69) is 11.9 Å². The third-order valence-electron chi connectivity index (χ3n) is 3.47. The van der Waals surface area contributed by atoms with E-state index in [9.17, 15) is 8.42 Å². The van der Waals surface area contributed by atoms with Crippen LogP contribution in [0.5, 0.6) is 0 Å². The fourth-order valence-electron chi connectivity index (χ4n) is 2.07. The quantitative estimate of drug-likeness (QED) is 0.880. The van der Waals surface area contributed by atoms with Crippen molar-refractivity contribution in [3.05, 3.63) is 17.8 Å². The topological polar surface area (TPSA) is 76.3 Å². The van der Waals surface area contributed by atoms with Gasteiger partial charge >= 0.3 is 0 Å². The molecule has 0 saturated carbocycles. The Morgan fingerprint density at radius 2 is 2.00 bits per heavy atom. The summed E-state index contributed by atoms with van der Waals surface area (Å²) in [7, 11) is -3.41. The molecule has 2 heterocycles. The van der Waals surface area contributed by atoms with Crippen molar-refractivity contribution in [2.75, 3.05) is 18.8 Å². The SMILES string of the molecule is Cc1cc(S(=O)(=O)N2CCC(C)CC2)cnc1N. The monoisotopic (exact) mass is 269 g/mol. The summed E-state index contributed by atoms with van der Waals surface area (Å²) in [6.45, 7) is 5.10. The van der Waals surface area contributed by atoms with Gasteiger partial charge in [0.25, 0.3) is 0 Å². The second kappa shape index (κ2) is 4.85. The summed E-state index contributed by atoms with van der Waals surface area (Å²) in [5.41, 5.74) is 6.30. The van der Waals surface area contributed by atoms with Gasteiger partial charge in [0.1, 0.15) is 10.7 Å². The van der Waals surface area contributed by atoms with Gasteiger partial charge in [-0.3, -0.25) is 0 Å². The standard InChI is InChI=1S/C12H19N3O2S/c1-9-3-5-15(6-4-9)18(16,17)11-7-10(2)12(13)14-8-11/h7-9H,3-6H2,1-2H3,(H2,13,14). The van der Waals surface area contributed by atoms with Gasteiger partial charge in [0.05, 0.1) is 0 Å². The van der Waals surface area contributed by atoms with Crippen molar-refractivity contribution in [2.45, 2.75) is 31.6 Å². The number of hydrogen-bond donors (Lipinski definition) is 1. The Morgan fingerprint density at radius 1 is 1.39 bits per heavy atom. The molecule has 2 rings (SSSR count). The molecule has 18 heavy (non-hydrogen) atoms. The summed E-state index contributed by atoms with van der Waals surface area (Å²) in [6, 6.07) is 1.59. The number of sulfonamides is 1. The molecule has 1 fully saturated rings. The van der Waals surface area contributed by atoms with Crippen molar-refractivity contribution < 1.29 is 8.42 Å². The summed E-state index contributed by atoms with van der Waals surface area (Å²) in [5.74, 6) is 0.976. The predicted octanol–water partition coefficient (Wildman–Crippen LogP) is 1.39. The van der Waals surface area contributed by atoms with Crippen LogP contribution in [0, 0.1) is 12.8 Å². The number of piperidine rings is 1. The van der Waals surface area contributed by atoms with Gasteiger partial charge in [-0.2, -0.15) is 4.31 Å². The maximum absolute atomic E-state index is 12.4. The fraction of sp³-hybridized carbons (Fsp3) is 0.583. The number of aromatic nitrogens is 1. The molecular formula is C12H19N3O2S. The minimum Gasteiger partial charge on any atom is -0.383 e. The molecule has 0 aromatic carbocycles. The number of nitrogens with zero attached hydrogens (tertiary/aromatic N) is 2. The van der Waals surface area contributed by atoms with Crippen molar-refractivity contribution in [2.24, 2.45) is 5.92 Å². The molecule has 0 atom stereocenters. The maximum Gasteiger partial charge on any atom is 0.244 e. The number of nitrogens with two attached hydrogens (primary N) is 1. The molecule has 0 aliphatic carbocycles. The summed E-state index contributed by atoms with van der Waals surface area (Å²) in [4.78, 5) is 4.17. The van der Waals surface area contributed by atoms with E-state index in [1.165, 1.54) is 6.20 Å². The van der Waals surface area contributed by atoms with E-state index in [-0.39, 0.29) is 4.90 Å². The lowest BCUT2D eigenvalue weighted by atomic mass is 10.0. The summed E-state index contributed by atoms with van der Waals surface area (Å²) in [5, 5.41) is 0. The number of nitrogen functional groups attached to an aromatic ring is 1. The van der Waals surface area contributed by atoms with E-state index in [1.807, 2.05) is 0 Å². The van der Waals surface area contributed by atoms with E-state index >= 15 is 0 Å². The lowest BCUT2D eigenvalue weighted by Crippen LogP contribution is -2.37. The Morgan fingerprint density at radius 3 is 2.56 bits per heavy atom. The van der Waals surface area contributed by atoms with Gasteiger partial charge in [-0.25, -0.2) is 13.4 Å². The molecule has 5 nitrogen and oxygen atoms in total. The molecule has 2 N–H and O–H groups in total. The molecular weight excluding hydrogens is 250 g/mol. The normalized spacial score (nSPS) is 19.0. The minimum absolute atomic E-state index is 0.240. The van der Waals surface area contributed by atoms with E-state index < -0.39 is 10.0 Å². The molecule has 0 radical (unpaired) electrons. The van der Waals surface area contributed by atoms with Crippen molar-refractivity contribution in [1.29, 1.82) is 0 Å². The van der Waals surface area contributed by atoms with Gasteiger partial charge in [0.15, 0.2) is 0 Å². The number of aryl methyl sites for hydroxylation is 1. The zero-order valence-electron chi connectivity index (χ0n) is 10.8. The molecule has 1 aromatic rings. The molecule has 100 valence electrons. The van der Waals surface area contributed by atoms with Gasteiger partial charge in [-0.05, 0) is 37.3 Å². The highest BCUT2D eigenvalue weighted by Crippen LogP contribution is 2.24. The van der Waals surface area contributed by atoms with Crippen LogP contribution in [-0.4, -0.2) is 30.8 Å². The average molecular weight is 269 g/mol. The van der Waals surface area contributed by atoms with Crippen LogP contribution in [0.25, 0.3) is 0 Å². The lowest BCUT2D eigenvalue weighted by molar-refractivity contribution is 0.288. The third kappa shape index (κ3) is 2.49. The molecule has 6 heteroatoms. The highest BCUT2D eigenvalue weighted by Gasteiger charge is 2.28. The van der Waals surface area contributed by atoms with Gasteiger partial charge in [-0.1, -0.05) is 6.92 Å². The summed E-state index contributed by atoms with van der Waals surface area (Å²) >= 11 is 0. The van der Waals surface area contributed by atoms with Crippen LogP contribution >= 0.6 is 0 Å². The zero-order valence-corrected chi connectivity index (χ0v) is 11.6. The van der Waals surface area contributed by atoms with Crippen molar-refractivity contribution in [3.63, 3.8) is 0 Å². The Hall–Kier alpha value is -1.14. The Labute approximate surface area is 108 Å². The zero-order chi connectivity index (χ0) is 13.3. The van der Waals surface area contributed by atoms with Crippen LogP contribution in [0.15, 0.2) is 17.2 Å². The van der Waals surface area contributed by atoms with Crippen LogP contribution in [0.4, 0.5) is 5.82 Å². The maximum atomic E-state index is 12.4.